The van der Waals surface area contributed by atoms with Crippen LogP contribution in [0.25, 0.3) is 33.6 Å². The van der Waals surface area contributed by atoms with Crippen LogP contribution in [0.3, 0.4) is 0 Å². The van der Waals surface area contributed by atoms with Gasteiger partial charge in [0.05, 0.1) is 12.6 Å². The normalized spacial score (nSPS) is 14.4. The van der Waals surface area contributed by atoms with E-state index in [4.69, 9.17) is 9.15 Å². The molecule has 174 valence electrons. The van der Waals surface area contributed by atoms with Gasteiger partial charge in [-0.2, -0.15) is 9.97 Å². The number of hydrogen-bond donors (Lipinski definition) is 2. The zero-order valence-electron chi connectivity index (χ0n) is 19.3. The van der Waals surface area contributed by atoms with E-state index >= 15 is 0 Å². The molecule has 4 aromatic rings. The van der Waals surface area contributed by atoms with Crippen LogP contribution in [0.1, 0.15) is 24.8 Å². The Morgan fingerprint density at radius 2 is 1.76 bits per heavy atom. The fourth-order valence-electron chi connectivity index (χ4n) is 4.55. The van der Waals surface area contributed by atoms with E-state index in [-0.39, 0.29) is 0 Å². The van der Waals surface area contributed by atoms with Gasteiger partial charge in [0.15, 0.2) is 0 Å². The van der Waals surface area contributed by atoms with Crippen molar-refractivity contribution >= 4 is 23.1 Å². The average molecular weight is 459 g/mol. The second kappa shape index (κ2) is 8.37. The van der Waals surface area contributed by atoms with Crippen molar-refractivity contribution in [3.05, 3.63) is 60.2 Å². The Morgan fingerprint density at radius 3 is 2.32 bits per heavy atom. The van der Waals surface area contributed by atoms with Gasteiger partial charge in [-0.05, 0) is 30.4 Å². The van der Waals surface area contributed by atoms with Crippen molar-refractivity contribution in [2.24, 2.45) is 0 Å². The number of methoxy groups -OCH3 is 1. The fourth-order valence-corrected chi connectivity index (χ4v) is 4.55. The maximum Gasteiger partial charge on any atom is 0.405 e. The molecule has 1 aliphatic rings. The summed E-state index contributed by atoms with van der Waals surface area (Å²) in [6.07, 6.45) is 1.57. The fraction of sp³-hybridized carbons (Fsp3) is 0.269. The number of furan rings is 1. The monoisotopic (exact) mass is 458 g/mol. The number of carboxylic acid groups (broad SMARTS) is 1. The lowest BCUT2D eigenvalue weighted by Crippen LogP contribution is -2.50. The number of ether oxygens (including phenoxy) is 1. The van der Waals surface area contributed by atoms with E-state index in [0.29, 0.717) is 28.7 Å². The van der Waals surface area contributed by atoms with Crippen molar-refractivity contribution in [1.29, 1.82) is 0 Å². The Labute approximate surface area is 197 Å². The van der Waals surface area contributed by atoms with Crippen LogP contribution in [-0.4, -0.2) is 42.4 Å². The van der Waals surface area contributed by atoms with Crippen molar-refractivity contribution in [2.45, 2.75) is 24.8 Å². The minimum atomic E-state index is -1.00. The van der Waals surface area contributed by atoms with Crippen LogP contribution in [0.15, 0.2) is 59.0 Å². The van der Waals surface area contributed by atoms with E-state index in [1.54, 1.807) is 12.0 Å². The minimum Gasteiger partial charge on any atom is -0.480 e. The van der Waals surface area contributed by atoms with Gasteiger partial charge in [-0.25, -0.2) is 4.79 Å². The summed E-state index contributed by atoms with van der Waals surface area (Å²) in [6.45, 7) is 0. The number of aromatic nitrogens is 2. The Balaban J connectivity index is 1.68. The van der Waals surface area contributed by atoms with Crippen LogP contribution < -0.4 is 15.0 Å². The first-order chi connectivity index (χ1) is 16.4. The molecule has 1 fully saturated rings. The Bertz CT molecular complexity index is 1340. The van der Waals surface area contributed by atoms with Gasteiger partial charge < -0.3 is 24.5 Å². The van der Waals surface area contributed by atoms with Gasteiger partial charge in [0.1, 0.15) is 11.1 Å². The highest BCUT2D eigenvalue weighted by atomic mass is 16.5. The summed E-state index contributed by atoms with van der Waals surface area (Å²) in [5, 5.41) is 12.7. The second-order valence-electron chi connectivity index (χ2n) is 8.72. The van der Waals surface area contributed by atoms with Crippen LogP contribution >= 0.6 is 0 Å². The predicted molar refractivity (Wildman–Crippen MR) is 130 cm³/mol. The average Bonchev–Trinajstić information content (AvgIpc) is 3.21. The zero-order valence-corrected chi connectivity index (χ0v) is 19.3. The van der Waals surface area contributed by atoms with Gasteiger partial charge in [-0.3, -0.25) is 0 Å². The standard InChI is InChI=1S/C26H26N4O4/c1-30(2)24-27-22(33-3)20-19(16-8-5-4-6-9-16)21(34-23(20)28-24)17-10-12-18(13-11-17)26(14-7-15-26)29-25(31)32/h4-6,8-13,29H,7,14-15H2,1-3H3,(H,31,32). The van der Waals surface area contributed by atoms with Crippen molar-refractivity contribution in [3.63, 3.8) is 0 Å². The minimum absolute atomic E-state index is 0.441. The third-order valence-electron chi connectivity index (χ3n) is 6.42. The zero-order chi connectivity index (χ0) is 23.9. The highest BCUT2D eigenvalue weighted by Gasteiger charge is 2.40. The van der Waals surface area contributed by atoms with Gasteiger partial charge >= 0.3 is 6.09 Å². The third-order valence-corrected chi connectivity index (χ3v) is 6.42. The van der Waals surface area contributed by atoms with Crippen LogP contribution in [-0.2, 0) is 5.54 Å². The van der Waals surface area contributed by atoms with Gasteiger partial charge in [-0.1, -0.05) is 54.6 Å². The lowest BCUT2D eigenvalue weighted by atomic mass is 9.72. The highest BCUT2D eigenvalue weighted by molar-refractivity contribution is 6.03. The number of amides is 1. The molecule has 0 atom stereocenters. The molecule has 2 aromatic carbocycles. The summed E-state index contributed by atoms with van der Waals surface area (Å²) in [5.74, 6) is 1.59. The van der Waals surface area contributed by atoms with Crippen molar-refractivity contribution in [2.75, 3.05) is 26.1 Å². The van der Waals surface area contributed by atoms with Crippen molar-refractivity contribution in [3.8, 4) is 28.3 Å². The molecule has 1 aliphatic carbocycles. The number of carbonyl (C=O) groups is 1. The molecule has 34 heavy (non-hydrogen) atoms. The van der Waals surface area contributed by atoms with Gasteiger partial charge in [-0.15, -0.1) is 0 Å². The lowest BCUT2D eigenvalue weighted by molar-refractivity contribution is 0.144. The number of rotatable bonds is 6. The molecule has 2 N–H and O–H groups in total. The summed E-state index contributed by atoms with van der Waals surface area (Å²) in [6, 6.07) is 17.8. The molecule has 8 nitrogen and oxygen atoms in total. The molecule has 0 bridgehead atoms. The van der Waals surface area contributed by atoms with E-state index in [1.165, 1.54) is 0 Å². The molecule has 2 heterocycles. The molecule has 0 radical (unpaired) electrons. The SMILES string of the molecule is COc1nc(N(C)C)nc2oc(-c3ccc(C4(NC(=O)O)CCC4)cc3)c(-c3ccccc3)c12. The quantitative estimate of drug-likeness (QED) is 0.405. The van der Waals surface area contributed by atoms with Crippen LogP contribution in [0.2, 0.25) is 0 Å². The smallest absolute Gasteiger partial charge is 0.405 e. The topological polar surface area (TPSA) is 101 Å². The highest BCUT2D eigenvalue weighted by Crippen LogP contribution is 2.45. The molecule has 5 rings (SSSR count). The number of anilines is 1. The Kier molecular flexibility index (Phi) is 5.36. The number of fused-ring (bicyclic) bond motifs is 1. The molecule has 8 heteroatoms. The Hall–Kier alpha value is -4.07. The summed E-state index contributed by atoms with van der Waals surface area (Å²) in [7, 11) is 5.32. The number of hydrogen-bond acceptors (Lipinski definition) is 6. The van der Waals surface area contributed by atoms with Crippen LogP contribution in [0, 0.1) is 0 Å². The van der Waals surface area contributed by atoms with Crippen molar-refractivity contribution in [1.82, 2.24) is 15.3 Å². The first-order valence-corrected chi connectivity index (χ1v) is 11.1. The molecule has 0 spiro atoms. The molecular formula is C26H26N4O4. The number of benzene rings is 2. The second-order valence-corrected chi connectivity index (χ2v) is 8.72. The lowest BCUT2D eigenvalue weighted by Gasteiger charge is -2.42. The van der Waals surface area contributed by atoms with Crippen molar-refractivity contribution < 1.29 is 19.1 Å². The third kappa shape index (κ3) is 3.61. The van der Waals surface area contributed by atoms with Gasteiger partial charge in [0.2, 0.25) is 17.5 Å². The summed E-state index contributed by atoms with van der Waals surface area (Å²) >= 11 is 0. The molecule has 2 aromatic heterocycles. The number of nitrogens with one attached hydrogen (secondary N) is 1. The Morgan fingerprint density at radius 1 is 1.06 bits per heavy atom. The van der Waals surface area contributed by atoms with E-state index in [1.807, 2.05) is 68.7 Å². The van der Waals surface area contributed by atoms with Gasteiger partial charge in [0.25, 0.3) is 0 Å². The van der Waals surface area contributed by atoms with Crippen LogP contribution in [0.4, 0.5) is 10.7 Å². The first-order valence-electron chi connectivity index (χ1n) is 11.1. The summed E-state index contributed by atoms with van der Waals surface area (Å²) in [4.78, 5) is 22.3. The number of nitrogens with zero attached hydrogens (tertiary/aromatic N) is 3. The predicted octanol–water partition coefficient (Wildman–Crippen LogP) is 5.28. The first kappa shape index (κ1) is 21.8. The maximum atomic E-state index is 11.4. The van der Waals surface area contributed by atoms with E-state index < -0.39 is 11.6 Å². The van der Waals surface area contributed by atoms with Gasteiger partial charge in [0, 0.05) is 25.2 Å². The molecular weight excluding hydrogens is 432 g/mol. The van der Waals surface area contributed by atoms with E-state index in [2.05, 4.69) is 15.3 Å². The largest absolute Gasteiger partial charge is 0.480 e. The van der Waals surface area contributed by atoms with Crippen LogP contribution in [0.5, 0.6) is 5.88 Å². The van der Waals surface area contributed by atoms with E-state index in [9.17, 15) is 9.90 Å². The maximum absolute atomic E-state index is 11.4. The molecule has 0 unspecified atom stereocenters. The molecule has 1 saturated carbocycles. The van der Waals surface area contributed by atoms with E-state index in [0.717, 1.165) is 41.5 Å². The molecule has 1 amide bonds. The summed E-state index contributed by atoms with van der Waals surface area (Å²) < 4.78 is 12.0. The molecule has 0 aliphatic heterocycles. The summed E-state index contributed by atoms with van der Waals surface area (Å²) in [5.41, 5.74) is 3.55. The molecule has 0 saturated heterocycles.